The Morgan fingerprint density at radius 2 is 1.77 bits per heavy atom. The number of rotatable bonds is 4. The average molecular weight is 303 g/mol. The summed E-state index contributed by atoms with van der Waals surface area (Å²) in [7, 11) is 2.20. The number of aliphatic hydroxyl groups excluding tert-OH is 1. The first-order valence-electron chi connectivity index (χ1n) is 8.56. The van der Waals surface area contributed by atoms with E-state index in [0.717, 1.165) is 45.8 Å². The summed E-state index contributed by atoms with van der Waals surface area (Å²) in [4.78, 5) is 7.51. The molecule has 0 aliphatic carbocycles. The number of likely N-dealkylation sites (tertiary alicyclic amines) is 1. The number of piperazine rings is 1. The highest BCUT2D eigenvalue weighted by Crippen LogP contribution is 2.24. The van der Waals surface area contributed by atoms with Gasteiger partial charge in [-0.3, -0.25) is 9.80 Å². The van der Waals surface area contributed by atoms with Crippen LogP contribution < -0.4 is 0 Å². The van der Waals surface area contributed by atoms with Gasteiger partial charge in [-0.1, -0.05) is 30.3 Å². The number of nitrogens with zero attached hydrogens (tertiary/aromatic N) is 3. The lowest BCUT2D eigenvalue weighted by Crippen LogP contribution is -2.56. The molecule has 4 heteroatoms. The van der Waals surface area contributed by atoms with Crippen molar-refractivity contribution in [3.63, 3.8) is 0 Å². The van der Waals surface area contributed by atoms with Crippen molar-refractivity contribution >= 4 is 0 Å². The zero-order valence-electron chi connectivity index (χ0n) is 13.7. The molecule has 2 saturated heterocycles. The first kappa shape index (κ1) is 15.9. The van der Waals surface area contributed by atoms with Crippen LogP contribution in [-0.4, -0.2) is 78.8 Å². The zero-order chi connectivity index (χ0) is 15.4. The maximum atomic E-state index is 9.86. The second-order valence-electron chi connectivity index (χ2n) is 6.86. The van der Waals surface area contributed by atoms with Gasteiger partial charge in [0.25, 0.3) is 0 Å². The molecule has 0 spiro atoms. The van der Waals surface area contributed by atoms with E-state index < -0.39 is 0 Å². The summed E-state index contributed by atoms with van der Waals surface area (Å²) in [6, 6.07) is 11.2. The third-order valence-electron chi connectivity index (χ3n) is 5.27. The summed E-state index contributed by atoms with van der Waals surface area (Å²) in [5.41, 5.74) is 1.37. The molecule has 2 fully saturated rings. The quantitative estimate of drug-likeness (QED) is 0.903. The van der Waals surface area contributed by atoms with Crippen LogP contribution >= 0.6 is 0 Å². The monoisotopic (exact) mass is 303 g/mol. The van der Waals surface area contributed by atoms with Gasteiger partial charge in [0.05, 0.1) is 0 Å². The molecule has 1 aromatic carbocycles. The molecule has 2 unspecified atom stereocenters. The van der Waals surface area contributed by atoms with Crippen LogP contribution in [0.3, 0.4) is 0 Å². The predicted molar refractivity (Wildman–Crippen MR) is 89.8 cm³/mol. The van der Waals surface area contributed by atoms with E-state index >= 15 is 0 Å². The van der Waals surface area contributed by atoms with Crippen LogP contribution in [0.25, 0.3) is 0 Å². The van der Waals surface area contributed by atoms with Gasteiger partial charge >= 0.3 is 0 Å². The van der Waals surface area contributed by atoms with E-state index in [4.69, 9.17) is 0 Å². The van der Waals surface area contributed by atoms with Crippen LogP contribution in [0.15, 0.2) is 30.3 Å². The van der Waals surface area contributed by atoms with Crippen LogP contribution in [0.5, 0.6) is 0 Å². The third kappa shape index (κ3) is 3.87. The van der Waals surface area contributed by atoms with E-state index in [1.165, 1.54) is 12.0 Å². The van der Waals surface area contributed by atoms with Gasteiger partial charge in [-0.05, 0) is 25.6 Å². The Labute approximate surface area is 134 Å². The molecule has 4 nitrogen and oxygen atoms in total. The zero-order valence-corrected chi connectivity index (χ0v) is 13.7. The van der Waals surface area contributed by atoms with Gasteiger partial charge in [-0.15, -0.1) is 0 Å². The highest BCUT2D eigenvalue weighted by atomic mass is 16.3. The van der Waals surface area contributed by atoms with Gasteiger partial charge in [0, 0.05) is 57.8 Å². The van der Waals surface area contributed by atoms with Crippen LogP contribution in [0.4, 0.5) is 0 Å². The maximum Gasteiger partial charge on any atom is 0.0486 e. The molecule has 0 amide bonds. The van der Waals surface area contributed by atoms with E-state index in [-0.39, 0.29) is 0 Å². The lowest BCUT2D eigenvalue weighted by atomic mass is 9.90. The largest absolute Gasteiger partial charge is 0.396 e. The fraction of sp³-hybridized carbons (Fsp3) is 0.667. The van der Waals surface area contributed by atoms with Crippen molar-refractivity contribution in [1.29, 1.82) is 0 Å². The lowest BCUT2D eigenvalue weighted by molar-refractivity contribution is 0.00500. The minimum atomic E-state index is 0.308. The molecule has 0 bridgehead atoms. The van der Waals surface area contributed by atoms with E-state index in [0.29, 0.717) is 18.6 Å². The molecular formula is C18H29N3O. The molecule has 0 saturated carbocycles. The van der Waals surface area contributed by atoms with E-state index in [1.807, 2.05) is 0 Å². The molecule has 2 heterocycles. The molecule has 22 heavy (non-hydrogen) atoms. The summed E-state index contributed by atoms with van der Waals surface area (Å²) in [5, 5.41) is 9.86. The first-order valence-corrected chi connectivity index (χ1v) is 8.56. The first-order chi connectivity index (χ1) is 10.8. The standard InChI is InChI=1S/C18H29N3O/c1-19-9-11-21(12-10-19)18-7-8-20(14-17(18)15-22)13-16-5-3-2-4-6-16/h2-6,17-18,22H,7-15H2,1H3. The summed E-state index contributed by atoms with van der Waals surface area (Å²) in [5.74, 6) is 0.390. The van der Waals surface area contributed by atoms with Gasteiger partial charge < -0.3 is 10.0 Å². The van der Waals surface area contributed by atoms with E-state index in [1.54, 1.807) is 0 Å². The second-order valence-corrected chi connectivity index (χ2v) is 6.86. The van der Waals surface area contributed by atoms with E-state index in [2.05, 4.69) is 52.1 Å². The van der Waals surface area contributed by atoms with Crippen molar-refractivity contribution < 1.29 is 5.11 Å². The number of hydrogen-bond acceptors (Lipinski definition) is 4. The van der Waals surface area contributed by atoms with Crippen LogP contribution in [-0.2, 0) is 6.54 Å². The van der Waals surface area contributed by atoms with Crippen molar-refractivity contribution in [2.75, 3.05) is 52.9 Å². The molecule has 0 aromatic heterocycles. The van der Waals surface area contributed by atoms with Gasteiger partial charge in [-0.2, -0.15) is 0 Å². The smallest absolute Gasteiger partial charge is 0.0486 e. The van der Waals surface area contributed by atoms with Crippen molar-refractivity contribution in [2.24, 2.45) is 5.92 Å². The number of piperidine rings is 1. The highest BCUT2D eigenvalue weighted by Gasteiger charge is 2.33. The highest BCUT2D eigenvalue weighted by molar-refractivity contribution is 5.14. The SMILES string of the molecule is CN1CCN(C2CCN(Cc3ccccc3)CC2CO)CC1. The van der Waals surface area contributed by atoms with Gasteiger partial charge in [-0.25, -0.2) is 0 Å². The second kappa shape index (κ2) is 7.55. The Hall–Kier alpha value is -0.940. The fourth-order valence-electron chi connectivity index (χ4n) is 3.89. The molecule has 2 aliphatic heterocycles. The van der Waals surface area contributed by atoms with Crippen molar-refractivity contribution in [2.45, 2.75) is 19.0 Å². The molecule has 122 valence electrons. The Bertz CT molecular complexity index is 445. The van der Waals surface area contributed by atoms with Gasteiger partial charge in [0.15, 0.2) is 0 Å². The normalized spacial score (nSPS) is 28.8. The molecule has 1 N–H and O–H groups in total. The molecule has 2 atom stereocenters. The van der Waals surface area contributed by atoms with Gasteiger partial charge in [0.1, 0.15) is 0 Å². The predicted octanol–water partition coefficient (Wildman–Crippen LogP) is 1.12. The van der Waals surface area contributed by atoms with Crippen molar-refractivity contribution in [3.8, 4) is 0 Å². The van der Waals surface area contributed by atoms with Crippen molar-refractivity contribution in [3.05, 3.63) is 35.9 Å². The third-order valence-corrected chi connectivity index (χ3v) is 5.27. The van der Waals surface area contributed by atoms with E-state index in [9.17, 15) is 5.11 Å². The topological polar surface area (TPSA) is 30.0 Å². The minimum Gasteiger partial charge on any atom is -0.396 e. The number of aliphatic hydroxyl groups is 1. The van der Waals surface area contributed by atoms with Gasteiger partial charge in [0.2, 0.25) is 0 Å². The molecular weight excluding hydrogens is 274 g/mol. The fourth-order valence-corrected chi connectivity index (χ4v) is 3.89. The van der Waals surface area contributed by atoms with Crippen molar-refractivity contribution in [1.82, 2.24) is 14.7 Å². The lowest BCUT2D eigenvalue weighted by Gasteiger charge is -2.46. The van der Waals surface area contributed by atoms with Crippen LogP contribution in [0.1, 0.15) is 12.0 Å². The Kier molecular flexibility index (Phi) is 5.47. The van der Waals surface area contributed by atoms with Crippen LogP contribution in [0, 0.1) is 5.92 Å². The average Bonchev–Trinajstić information content (AvgIpc) is 2.56. The minimum absolute atomic E-state index is 0.308. The summed E-state index contributed by atoms with van der Waals surface area (Å²) in [6.07, 6.45) is 1.18. The summed E-state index contributed by atoms with van der Waals surface area (Å²) >= 11 is 0. The Balaban J connectivity index is 1.56. The molecule has 2 aliphatic rings. The molecule has 0 radical (unpaired) electrons. The molecule has 3 rings (SSSR count). The number of hydrogen-bond donors (Lipinski definition) is 1. The number of likely N-dealkylation sites (N-methyl/N-ethyl adjacent to an activating group) is 1. The molecule has 1 aromatic rings. The number of benzene rings is 1. The Morgan fingerprint density at radius 3 is 2.45 bits per heavy atom. The summed E-state index contributed by atoms with van der Waals surface area (Å²) in [6.45, 7) is 8.08. The Morgan fingerprint density at radius 1 is 1.05 bits per heavy atom. The van der Waals surface area contributed by atoms with Crippen LogP contribution in [0.2, 0.25) is 0 Å². The summed E-state index contributed by atoms with van der Waals surface area (Å²) < 4.78 is 0. The maximum absolute atomic E-state index is 9.86.